The molecule has 2 aliphatic heterocycles. The van der Waals surface area contributed by atoms with Crippen LogP contribution in [0.4, 0.5) is 4.79 Å². The summed E-state index contributed by atoms with van der Waals surface area (Å²) in [6, 6.07) is 7.74. The van der Waals surface area contributed by atoms with Crippen LogP contribution in [-0.2, 0) is 23.9 Å². The summed E-state index contributed by atoms with van der Waals surface area (Å²) in [5.74, 6) is -1.12. The fourth-order valence-corrected chi connectivity index (χ4v) is 6.19. The minimum Gasteiger partial charge on any atom is -0.472 e. The summed E-state index contributed by atoms with van der Waals surface area (Å²) in [4.78, 5) is 60.1. The number of hydrogen-bond acceptors (Lipinski definition) is 8. The number of hydrogen-bond donors (Lipinski definition) is 2. The Bertz CT molecular complexity index is 1450. The first-order valence-corrected chi connectivity index (χ1v) is 16.0. The Hall–Kier alpha value is -4.15. The molecule has 2 fully saturated rings. The maximum absolute atomic E-state index is 14.2. The largest absolute Gasteiger partial charge is 0.472 e. The molecular weight excluding hydrogens is 576 g/mol. The van der Waals surface area contributed by atoms with Gasteiger partial charge in [0.15, 0.2) is 0 Å². The maximum Gasteiger partial charge on any atom is 0.408 e. The Morgan fingerprint density at radius 3 is 2.71 bits per heavy atom. The molecule has 1 aliphatic carbocycles. The number of benzene rings is 1. The molecule has 0 spiro atoms. The summed E-state index contributed by atoms with van der Waals surface area (Å²) in [6.07, 6.45) is 8.66. The van der Waals surface area contributed by atoms with E-state index in [1.807, 2.05) is 42.5 Å². The SMILES string of the molecule is CCOC(=O)C12CC1/C=C/CCCCCC(NC(=O)OC(C)(C)C)C(=O)N1CC(Oc3nccc4ccccc34)CC1C(=O)N2. The van der Waals surface area contributed by atoms with Gasteiger partial charge in [-0.15, -0.1) is 0 Å². The number of nitrogens with zero attached hydrogens (tertiary/aromatic N) is 2. The summed E-state index contributed by atoms with van der Waals surface area (Å²) in [7, 11) is 0. The Labute approximate surface area is 264 Å². The molecule has 1 saturated carbocycles. The van der Waals surface area contributed by atoms with Crippen molar-refractivity contribution >= 4 is 34.6 Å². The van der Waals surface area contributed by atoms with Crippen molar-refractivity contribution < 1.29 is 33.4 Å². The van der Waals surface area contributed by atoms with Gasteiger partial charge in [0.05, 0.1) is 13.2 Å². The van der Waals surface area contributed by atoms with E-state index in [-0.39, 0.29) is 25.5 Å². The number of pyridine rings is 1. The highest BCUT2D eigenvalue weighted by molar-refractivity contribution is 5.96. The van der Waals surface area contributed by atoms with Crippen molar-refractivity contribution in [1.29, 1.82) is 0 Å². The van der Waals surface area contributed by atoms with E-state index < -0.39 is 53.2 Å². The fourth-order valence-electron chi connectivity index (χ4n) is 6.19. The molecule has 0 bridgehead atoms. The predicted molar refractivity (Wildman–Crippen MR) is 167 cm³/mol. The third kappa shape index (κ3) is 7.57. The van der Waals surface area contributed by atoms with Crippen molar-refractivity contribution in [2.45, 2.75) is 102 Å². The van der Waals surface area contributed by atoms with Gasteiger partial charge >= 0.3 is 12.1 Å². The van der Waals surface area contributed by atoms with Crippen LogP contribution < -0.4 is 15.4 Å². The number of amides is 3. The van der Waals surface area contributed by atoms with Crippen LogP contribution >= 0.6 is 0 Å². The van der Waals surface area contributed by atoms with Gasteiger partial charge in [0, 0.05) is 23.9 Å². The summed E-state index contributed by atoms with van der Waals surface area (Å²) >= 11 is 0. The van der Waals surface area contributed by atoms with Gasteiger partial charge in [-0.05, 0) is 70.9 Å². The molecule has 1 saturated heterocycles. The first-order valence-electron chi connectivity index (χ1n) is 16.0. The van der Waals surface area contributed by atoms with E-state index in [1.54, 1.807) is 33.9 Å². The van der Waals surface area contributed by atoms with Crippen LogP contribution in [0.1, 0.15) is 72.6 Å². The standard InChI is InChI=1S/C34H44N4O7/c1-5-43-31(41)34-20-23(34)14-9-7-6-8-10-16-26(36-32(42)45-33(2,3)4)30(40)38-21-24(19-27(38)28(39)37-34)44-29-25-15-12-11-13-22(25)17-18-35-29/h9,11-15,17-18,23-24,26-27H,5-8,10,16,19-21H2,1-4H3,(H,36,42)(H,37,39)/b14-9+. The van der Waals surface area contributed by atoms with Crippen molar-refractivity contribution in [3.05, 3.63) is 48.7 Å². The normalized spacial score (nSPS) is 28.0. The van der Waals surface area contributed by atoms with Crippen LogP contribution in [0.25, 0.3) is 10.8 Å². The lowest BCUT2D eigenvalue weighted by atomic mass is 10.0. The molecule has 5 unspecified atom stereocenters. The van der Waals surface area contributed by atoms with Gasteiger partial charge in [-0.3, -0.25) is 9.59 Å². The maximum atomic E-state index is 14.2. The zero-order valence-corrected chi connectivity index (χ0v) is 26.5. The third-order valence-corrected chi connectivity index (χ3v) is 8.49. The Morgan fingerprint density at radius 2 is 1.93 bits per heavy atom. The topological polar surface area (TPSA) is 136 Å². The van der Waals surface area contributed by atoms with Gasteiger partial charge in [-0.1, -0.05) is 43.2 Å². The van der Waals surface area contributed by atoms with Gasteiger partial charge in [0.25, 0.3) is 0 Å². The molecule has 0 radical (unpaired) electrons. The molecule has 5 atom stereocenters. The van der Waals surface area contributed by atoms with Crippen LogP contribution in [0.2, 0.25) is 0 Å². The van der Waals surface area contributed by atoms with E-state index in [1.165, 1.54) is 4.90 Å². The molecule has 5 rings (SSSR count). The van der Waals surface area contributed by atoms with Crippen molar-refractivity contribution in [3.63, 3.8) is 0 Å². The first-order chi connectivity index (χ1) is 21.5. The average molecular weight is 621 g/mol. The number of fused-ring (bicyclic) bond motifs is 3. The highest BCUT2D eigenvalue weighted by Gasteiger charge is 2.62. The van der Waals surface area contributed by atoms with Crippen molar-refractivity contribution in [1.82, 2.24) is 20.5 Å². The second-order valence-corrected chi connectivity index (χ2v) is 13.1. The Morgan fingerprint density at radius 1 is 1.13 bits per heavy atom. The summed E-state index contributed by atoms with van der Waals surface area (Å²) in [6.45, 7) is 7.29. The van der Waals surface area contributed by atoms with Gasteiger partial charge in [0.2, 0.25) is 17.7 Å². The molecule has 3 heterocycles. The quantitative estimate of drug-likeness (QED) is 0.370. The highest BCUT2D eigenvalue weighted by Crippen LogP contribution is 2.46. The molecule has 1 aromatic carbocycles. The molecule has 1 aromatic heterocycles. The van der Waals surface area contributed by atoms with Gasteiger partial charge in [-0.2, -0.15) is 0 Å². The van der Waals surface area contributed by atoms with Crippen molar-refractivity contribution in [3.8, 4) is 5.88 Å². The smallest absolute Gasteiger partial charge is 0.408 e. The number of alkyl carbamates (subject to hydrolysis) is 1. The molecule has 2 N–H and O–H groups in total. The fraction of sp³-hybridized carbons (Fsp3) is 0.559. The molecule has 2 aromatic rings. The van der Waals surface area contributed by atoms with E-state index in [2.05, 4.69) is 15.6 Å². The minimum absolute atomic E-state index is 0.101. The second-order valence-electron chi connectivity index (χ2n) is 13.1. The number of carbonyl (C=O) groups excluding carboxylic acids is 4. The summed E-state index contributed by atoms with van der Waals surface area (Å²) in [5.41, 5.74) is -1.93. The molecule has 45 heavy (non-hydrogen) atoms. The van der Waals surface area contributed by atoms with Crippen molar-refractivity contribution in [2.75, 3.05) is 13.2 Å². The summed E-state index contributed by atoms with van der Waals surface area (Å²) in [5, 5.41) is 7.51. The Kier molecular flexibility index (Phi) is 9.65. The van der Waals surface area contributed by atoms with Crippen LogP contribution in [-0.4, -0.2) is 76.2 Å². The third-order valence-electron chi connectivity index (χ3n) is 8.49. The molecule has 3 aliphatic rings. The number of carbonyl (C=O) groups is 4. The monoisotopic (exact) mass is 620 g/mol. The van der Waals surface area contributed by atoms with E-state index >= 15 is 0 Å². The van der Waals surface area contributed by atoms with Crippen LogP contribution in [0.5, 0.6) is 5.88 Å². The number of allylic oxidation sites excluding steroid dienone is 1. The number of ether oxygens (including phenoxy) is 3. The molecular formula is C34H44N4O7. The average Bonchev–Trinajstić information content (AvgIpc) is 3.51. The van der Waals surface area contributed by atoms with E-state index in [9.17, 15) is 19.2 Å². The van der Waals surface area contributed by atoms with Gasteiger partial charge in [-0.25, -0.2) is 14.6 Å². The lowest BCUT2D eigenvalue weighted by molar-refractivity contribution is -0.150. The Balaban J connectivity index is 1.45. The van der Waals surface area contributed by atoms with E-state index in [4.69, 9.17) is 14.2 Å². The van der Waals surface area contributed by atoms with Crippen LogP contribution in [0.15, 0.2) is 48.7 Å². The molecule has 11 nitrogen and oxygen atoms in total. The predicted octanol–water partition coefficient (Wildman–Crippen LogP) is 4.43. The lowest BCUT2D eigenvalue weighted by Gasteiger charge is -2.30. The molecule has 11 heteroatoms. The van der Waals surface area contributed by atoms with E-state index in [0.717, 1.165) is 30.0 Å². The first kappa shape index (κ1) is 32.2. The van der Waals surface area contributed by atoms with Crippen LogP contribution in [0, 0.1) is 5.92 Å². The number of nitrogens with one attached hydrogen (secondary N) is 2. The number of esters is 1. The number of rotatable bonds is 5. The van der Waals surface area contributed by atoms with Gasteiger partial charge in [0.1, 0.15) is 29.3 Å². The molecule has 3 amide bonds. The number of aromatic nitrogens is 1. The van der Waals surface area contributed by atoms with Crippen LogP contribution in [0.3, 0.4) is 0 Å². The lowest BCUT2D eigenvalue weighted by Crippen LogP contribution is -2.56. The minimum atomic E-state index is -1.18. The van der Waals surface area contributed by atoms with Crippen molar-refractivity contribution in [2.24, 2.45) is 5.92 Å². The van der Waals surface area contributed by atoms with Gasteiger partial charge < -0.3 is 29.7 Å². The molecule has 242 valence electrons. The zero-order valence-electron chi connectivity index (χ0n) is 26.5. The highest BCUT2D eigenvalue weighted by atomic mass is 16.6. The zero-order chi connectivity index (χ0) is 32.2. The summed E-state index contributed by atoms with van der Waals surface area (Å²) < 4.78 is 17.2. The van der Waals surface area contributed by atoms with E-state index in [0.29, 0.717) is 25.1 Å². The second kappa shape index (κ2) is 13.5.